The van der Waals surface area contributed by atoms with Gasteiger partial charge in [-0.2, -0.15) is 0 Å². The molecule has 0 unspecified atom stereocenters. The molecule has 1 aromatic heterocycles. The summed E-state index contributed by atoms with van der Waals surface area (Å²) in [5.41, 5.74) is 0. The molecule has 3 atom stereocenters. The van der Waals surface area contributed by atoms with Crippen LogP contribution in [0.15, 0.2) is 18.6 Å². The molecule has 118 valence electrons. The maximum absolute atomic E-state index is 12.8. The van der Waals surface area contributed by atoms with Crippen molar-refractivity contribution < 1.29 is 9.53 Å². The van der Waals surface area contributed by atoms with E-state index in [1.165, 1.54) is 0 Å². The van der Waals surface area contributed by atoms with Crippen molar-refractivity contribution >= 4 is 11.7 Å². The number of hydrogen-bond acceptors (Lipinski definition) is 5. The lowest BCUT2D eigenvalue weighted by Crippen LogP contribution is -2.45. The molecule has 1 amide bonds. The van der Waals surface area contributed by atoms with E-state index in [0.717, 1.165) is 51.4 Å². The lowest BCUT2D eigenvalue weighted by atomic mass is 9.82. The fraction of sp³-hybridized carbons (Fsp3) is 0.688. The number of fused-ring (bicyclic) bond motifs is 1. The highest BCUT2D eigenvalue weighted by molar-refractivity contribution is 5.80. The summed E-state index contributed by atoms with van der Waals surface area (Å²) < 4.78 is 5.75. The zero-order valence-electron chi connectivity index (χ0n) is 12.7. The number of rotatable bonds is 2. The largest absolute Gasteiger partial charge is 0.380 e. The highest BCUT2D eigenvalue weighted by Crippen LogP contribution is 2.36. The van der Waals surface area contributed by atoms with Crippen LogP contribution in [0.3, 0.4) is 0 Å². The summed E-state index contributed by atoms with van der Waals surface area (Å²) in [7, 11) is 0. The smallest absolute Gasteiger partial charge is 0.228 e. The number of nitrogens with zero attached hydrogens (tertiary/aromatic N) is 4. The van der Waals surface area contributed by atoms with Gasteiger partial charge >= 0.3 is 0 Å². The number of ether oxygens (including phenoxy) is 1. The lowest BCUT2D eigenvalue weighted by Gasteiger charge is -2.34. The molecule has 6 heteroatoms. The van der Waals surface area contributed by atoms with Gasteiger partial charge in [0.1, 0.15) is 12.1 Å². The van der Waals surface area contributed by atoms with Crippen molar-refractivity contribution in [2.45, 2.75) is 12.8 Å². The van der Waals surface area contributed by atoms with Crippen molar-refractivity contribution in [2.75, 3.05) is 44.3 Å². The third kappa shape index (κ3) is 2.45. The average Bonchev–Trinajstić information content (AvgIpc) is 3.24. The summed E-state index contributed by atoms with van der Waals surface area (Å²) in [6, 6.07) is 1.94. The number of anilines is 1. The standard InChI is InChI=1S/C16H22N4O2/c21-16(19-5-1-2-6-19)14-10-22-9-12-7-20(8-13(12)14)15-3-4-17-11-18-15/h3-4,11-14H,1-2,5-10H2/t12-,13-,14+/m1/s1. The molecular weight excluding hydrogens is 280 g/mol. The van der Waals surface area contributed by atoms with E-state index in [2.05, 4.69) is 14.9 Å². The minimum atomic E-state index is 0.0173. The first-order valence-electron chi connectivity index (χ1n) is 8.20. The highest BCUT2D eigenvalue weighted by Gasteiger charge is 2.45. The van der Waals surface area contributed by atoms with E-state index in [0.29, 0.717) is 24.3 Å². The van der Waals surface area contributed by atoms with Crippen molar-refractivity contribution in [2.24, 2.45) is 17.8 Å². The first-order valence-corrected chi connectivity index (χ1v) is 8.20. The van der Waals surface area contributed by atoms with Gasteiger partial charge in [0.25, 0.3) is 0 Å². The summed E-state index contributed by atoms with van der Waals surface area (Å²) in [5, 5.41) is 0. The summed E-state index contributed by atoms with van der Waals surface area (Å²) in [5.74, 6) is 2.09. The van der Waals surface area contributed by atoms with Crippen LogP contribution in [0.1, 0.15) is 12.8 Å². The quantitative estimate of drug-likeness (QED) is 0.809. The van der Waals surface area contributed by atoms with Gasteiger partial charge in [0.2, 0.25) is 5.91 Å². The monoisotopic (exact) mass is 302 g/mol. The molecule has 0 N–H and O–H groups in total. The Balaban J connectivity index is 1.50. The van der Waals surface area contributed by atoms with Crippen LogP contribution in [-0.4, -0.2) is 60.2 Å². The van der Waals surface area contributed by atoms with E-state index in [1.54, 1.807) is 12.5 Å². The minimum Gasteiger partial charge on any atom is -0.380 e. The van der Waals surface area contributed by atoms with Gasteiger partial charge in [0.15, 0.2) is 0 Å². The Hall–Kier alpha value is -1.69. The van der Waals surface area contributed by atoms with Crippen LogP contribution < -0.4 is 4.90 Å². The number of amides is 1. The topological polar surface area (TPSA) is 58.6 Å². The van der Waals surface area contributed by atoms with Gasteiger partial charge in [0.05, 0.1) is 19.1 Å². The predicted octanol–water partition coefficient (Wildman–Crippen LogP) is 0.798. The first kappa shape index (κ1) is 13.9. The number of carbonyl (C=O) groups excluding carboxylic acids is 1. The van der Waals surface area contributed by atoms with Crippen molar-refractivity contribution in [1.29, 1.82) is 0 Å². The molecule has 0 spiro atoms. The molecule has 3 saturated heterocycles. The van der Waals surface area contributed by atoms with Gasteiger partial charge in [-0.25, -0.2) is 9.97 Å². The third-order valence-electron chi connectivity index (χ3n) is 5.26. The van der Waals surface area contributed by atoms with Gasteiger partial charge in [0, 0.05) is 38.3 Å². The predicted molar refractivity (Wildman–Crippen MR) is 81.3 cm³/mol. The van der Waals surface area contributed by atoms with Crippen LogP contribution >= 0.6 is 0 Å². The maximum atomic E-state index is 12.8. The second kappa shape index (κ2) is 5.83. The summed E-state index contributed by atoms with van der Waals surface area (Å²) in [6.07, 6.45) is 5.63. The number of hydrogen-bond donors (Lipinski definition) is 0. The highest BCUT2D eigenvalue weighted by atomic mass is 16.5. The summed E-state index contributed by atoms with van der Waals surface area (Å²) in [6.45, 7) is 5.00. The molecule has 0 aliphatic carbocycles. The zero-order valence-corrected chi connectivity index (χ0v) is 12.7. The van der Waals surface area contributed by atoms with Crippen molar-refractivity contribution in [3.63, 3.8) is 0 Å². The zero-order chi connectivity index (χ0) is 14.9. The summed E-state index contributed by atoms with van der Waals surface area (Å²) in [4.78, 5) is 25.4. The molecule has 1 aromatic rings. The number of carbonyl (C=O) groups is 1. The van der Waals surface area contributed by atoms with Crippen LogP contribution in [0.2, 0.25) is 0 Å². The van der Waals surface area contributed by atoms with E-state index in [9.17, 15) is 4.79 Å². The van der Waals surface area contributed by atoms with E-state index in [1.807, 2.05) is 11.0 Å². The van der Waals surface area contributed by atoms with Crippen molar-refractivity contribution in [1.82, 2.24) is 14.9 Å². The Morgan fingerprint density at radius 3 is 2.86 bits per heavy atom. The normalized spacial score (nSPS) is 31.4. The molecule has 6 nitrogen and oxygen atoms in total. The Morgan fingerprint density at radius 1 is 1.23 bits per heavy atom. The molecule has 0 aromatic carbocycles. The number of aromatic nitrogens is 2. The fourth-order valence-electron chi connectivity index (χ4n) is 4.08. The van der Waals surface area contributed by atoms with E-state index >= 15 is 0 Å². The Bertz CT molecular complexity index is 532. The second-order valence-electron chi connectivity index (χ2n) is 6.57. The molecule has 0 bridgehead atoms. The van der Waals surface area contributed by atoms with Gasteiger partial charge in [-0.3, -0.25) is 4.79 Å². The van der Waals surface area contributed by atoms with Crippen molar-refractivity contribution in [3.8, 4) is 0 Å². The van der Waals surface area contributed by atoms with Crippen molar-refractivity contribution in [3.05, 3.63) is 18.6 Å². The SMILES string of the molecule is O=C([C@H]1COC[C@H]2CN(c3ccncn3)C[C@H]21)N1CCCC1. The Kier molecular flexibility index (Phi) is 3.70. The molecule has 0 saturated carbocycles. The van der Waals surface area contributed by atoms with E-state index in [4.69, 9.17) is 4.74 Å². The fourth-order valence-corrected chi connectivity index (χ4v) is 4.08. The molecule has 3 fully saturated rings. The lowest BCUT2D eigenvalue weighted by molar-refractivity contribution is -0.143. The van der Waals surface area contributed by atoms with E-state index < -0.39 is 0 Å². The van der Waals surface area contributed by atoms with Crippen LogP contribution in [-0.2, 0) is 9.53 Å². The number of likely N-dealkylation sites (tertiary alicyclic amines) is 1. The Morgan fingerprint density at radius 2 is 2.09 bits per heavy atom. The minimum absolute atomic E-state index is 0.0173. The molecule has 0 radical (unpaired) electrons. The van der Waals surface area contributed by atoms with Crippen LogP contribution in [0.5, 0.6) is 0 Å². The van der Waals surface area contributed by atoms with Gasteiger partial charge < -0.3 is 14.5 Å². The van der Waals surface area contributed by atoms with Crippen LogP contribution in [0, 0.1) is 17.8 Å². The Labute approximate surface area is 130 Å². The average molecular weight is 302 g/mol. The van der Waals surface area contributed by atoms with Gasteiger partial charge in [-0.15, -0.1) is 0 Å². The molecule has 3 aliphatic heterocycles. The van der Waals surface area contributed by atoms with Crippen LogP contribution in [0.4, 0.5) is 5.82 Å². The summed E-state index contributed by atoms with van der Waals surface area (Å²) >= 11 is 0. The second-order valence-corrected chi connectivity index (χ2v) is 6.57. The maximum Gasteiger partial charge on any atom is 0.228 e. The molecular formula is C16H22N4O2. The molecule has 4 heterocycles. The van der Waals surface area contributed by atoms with Crippen LogP contribution in [0.25, 0.3) is 0 Å². The molecule has 22 heavy (non-hydrogen) atoms. The van der Waals surface area contributed by atoms with E-state index in [-0.39, 0.29) is 5.92 Å². The molecule has 3 aliphatic rings. The molecule has 4 rings (SSSR count). The van der Waals surface area contributed by atoms with Gasteiger partial charge in [-0.05, 0) is 24.8 Å². The third-order valence-corrected chi connectivity index (χ3v) is 5.26. The van der Waals surface area contributed by atoms with Gasteiger partial charge in [-0.1, -0.05) is 0 Å². The first-order chi connectivity index (χ1) is 10.8.